The van der Waals surface area contributed by atoms with E-state index < -0.39 is 0 Å². The molecule has 0 saturated carbocycles. The van der Waals surface area contributed by atoms with Gasteiger partial charge in [0, 0.05) is 47.0 Å². The molecule has 2 aromatic heterocycles. The number of rotatable bonds is 6. The molecule has 5 heteroatoms. The van der Waals surface area contributed by atoms with Crippen LogP contribution in [0.3, 0.4) is 0 Å². The van der Waals surface area contributed by atoms with E-state index in [1.165, 1.54) is 15.8 Å². The number of nitrogens with one attached hydrogen (secondary N) is 2. The highest BCUT2D eigenvalue weighted by molar-refractivity contribution is 7.15. The molecular weight excluding hydrogens is 280 g/mol. The minimum atomic E-state index is 0.814. The summed E-state index contributed by atoms with van der Waals surface area (Å²) in [5.41, 5.74) is 2.31. The first-order valence-corrected chi connectivity index (χ1v) is 8.12. The molecule has 1 aromatic carbocycles. The monoisotopic (exact) mass is 300 g/mol. The van der Waals surface area contributed by atoms with Crippen LogP contribution in [0.1, 0.15) is 18.7 Å². The summed E-state index contributed by atoms with van der Waals surface area (Å²) in [6, 6.07) is 8.46. The molecule has 0 atom stereocenters. The molecule has 0 aliphatic heterocycles. The first-order valence-electron chi connectivity index (χ1n) is 7.30. The van der Waals surface area contributed by atoms with Crippen molar-refractivity contribution in [2.75, 3.05) is 23.3 Å². The summed E-state index contributed by atoms with van der Waals surface area (Å²) in [5.74, 6) is 0. The summed E-state index contributed by atoms with van der Waals surface area (Å²) >= 11 is 1.76. The van der Waals surface area contributed by atoms with Gasteiger partial charge < -0.3 is 15.2 Å². The van der Waals surface area contributed by atoms with Crippen LogP contribution < -0.4 is 10.2 Å². The maximum atomic E-state index is 4.51. The van der Waals surface area contributed by atoms with Crippen LogP contribution in [-0.2, 0) is 6.54 Å². The van der Waals surface area contributed by atoms with Crippen molar-refractivity contribution in [2.24, 2.45) is 0 Å². The van der Waals surface area contributed by atoms with Gasteiger partial charge in [0.1, 0.15) is 0 Å². The molecule has 0 aliphatic rings. The lowest BCUT2D eigenvalue weighted by Crippen LogP contribution is -2.21. The standard InChI is InChI=1S/C16H20N4S/c1-3-20(4-2)16-19-11-14(21-16)10-18-13-5-6-15-12(9-13)7-8-17-15/h5-9,11,17-18H,3-4,10H2,1-2H3. The molecule has 110 valence electrons. The number of aromatic amines is 1. The van der Waals surface area contributed by atoms with Crippen molar-refractivity contribution in [1.82, 2.24) is 9.97 Å². The Balaban J connectivity index is 1.67. The van der Waals surface area contributed by atoms with E-state index >= 15 is 0 Å². The molecule has 0 bridgehead atoms. The van der Waals surface area contributed by atoms with Crippen LogP contribution in [0.2, 0.25) is 0 Å². The van der Waals surface area contributed by atoms with Crippen LogP contribution in [0.25, 0.3) is 10.9 Å². The topological polar surface area (TPSA) is 44.0 Å². The maximum absolute atomic E-state index is 4.51. The van der Waals surface area contributed by atoms with Crippen LogP contribution in [0.5, 0.6) is 0 Å². The second kappa shape index (κ2) is 6.18. The van der Waals surface area contributed by atoms with Gasteiger partial charge in [-0.1, -0.05) is 0 Å². The molecular formula is C16H20N4S. The fraction of sp³-hybridized carbons (Fsp3) is 0.312. The average molecular weight is 300 g/mol. The summed E-state index contributed by atoms with van der Waals surface area (Å²) in [5, 5.41) is 5.81. The number of hydrogen-bond donors (Lipinski definition) is 2. The van der Waals surface area contributed by atoms with Gasteiger partial charge in [-0.2, -0.15) is 0 Å². The molecule has 0 aliphatic carbocycles. The Kier molecular flexibility index (Phi) is 4.10. The minimum Gasteiger partial charge on any atom is -0.380 e. The number of hydrogen-bond acceptors (Lipinski definition) is 4. The van der Waals surface area contributed by atoms with Gasteiger partial charge in [-0.05, 0) is 38.1 Å². The van der Waals surface area contributed by atoms with Crippen LogP contribution in [0, 0.1) is 0 Å². The molecule has 2 N–H and O–H groups in total. The zero-order valence-electron chi connectivity index (χ0n) is 12.4. The Morgan fingerprint density at radius 2 is 2.10 bits per heavy atom. The van der Waals surface area contributed by atoms with Crippen LogP contribution in [0.4, 0.5) is 10.8 Å². The largest absolute Gasteiger partial charge is 0.380 e. The third-order valence-electron chi connectivity index (χ3n) is 3.60. The molecule has 3 aromatic rings. The van der Waals surface area contributed by atoms with Gasteiger partial charge in [0.25, 0.3) is 0 Å². The van der Waals surface area contributed by atoms with E-state index in [1.807, 2.05) is 12.4 Å². The van der Waals surface area contributed by atoms with Crippen molar-refractivity contribution in [3.63, 3.8) is 0 Å². The van der Waals surface area contributed by atoms with Crippen molar-refractivity contribution in [3.8, 4) is 0 Å². The highest BCUT2D eigenvalue weighted by atomic mass is 32.1. The number of fused-ring (bicyclic) bond motifs is 1. The second-order valence-corrected chi connectivity index (χ2v) is 6.01. The summed E-state index contributed by atoms with van der Waals surface area (Å²) in [4.78, 5) is 11.3. The molecule has 2 heterocycles. The van der Waals surface area contributed by atoms with Gasteiger partial charge >= 0.3 is 0 Å². The van der Waals surface area contributed by atoms with Crippen molar-refractivity contribution >= 4 is 33.1 Å². The quantitative estimate of drug-likeness (QED) is 0.721. The van der Waals surface area contributed by atoms with Crippen molar-refractivity contribution in [1.29, 1.82) is 0 Å². The van der Waals surface area contributed by atoms with E-state index in [4.69, 9.17) is 0 Å². The third-order valence-corrected chi connectivity index (χ3v) is 4.65. The number of benzene rings is 1. The van der Waals surface area contributed by atoms with Gasteiger partial charge in [0.05, 0.1) is 6.54 Å². The Morgan fingerprint density at radius 3 is 2.90 bits per heavy atom. The Labute approximate surface area is 128 Å². The molecule has 0 radical (unpaired) electrons. The molecule has 0 fully saturated rings. The van der Waals surface area contributed by atoms with Crippen molar-refractivity contribution in [3.05, 3.63) is 41.5 Å². The maximum Gasteiger partial charge on any atom is 0.185 e. The SMILES string of the molecule is CCN(CC)c1ncc(CNc2ccc3[nH]ccc3c2)s1. The zero-order valence-corrected chi connectivity index (χ0v) is 13.2. The fourth-order valence-electron chi connectivity index (χ4n) is 2.37. The van der Waals surface area contributed by atoms with Gasteiger partial charge in [0.2, 0.25) is 0 Å². The Hall–Kier alpha value is -2.01. The first-order chi connectivity index (χ1) is 10.3. The molecule has 0 unspecified atom stereocenters. The summed E-state index contributed by atoms with van der Waals surface area (Å²) < 4.78 is 0. The highest BCUT2D eigenvalue weighted by Crippen LogP contribution is 2.24. The van der Waals surface area contributed by atoms with Gasteiger partial charge in [-0.3, -0.25) is 0 Å². The predicted octanol–water partition coefficient (Wildman–Crippen LogP) is 4.08. The Bertz CT molecular complexity index is 712. The average Bonchev–Trinajstić information content (AvgIpc) is 3.15. The van der Waals surface area contributed by atoms with E-state index in [9.17, 15) is 0 Å². The summed E-state index contributed by atoms with van der Waals surface area (Å²) in [6.07, 6.45) is 3.94. The van der Waals surface area contributed by atoms with Gasteiger partial charge in [0.15, 0.2) is 5.13 Å². The summed E-state index contributed by atoms with van der Waals surface area (Å²) in [7, 11) is 0. The van der Waals surface area contributed by atoms with Crippen molar-refractivity contribution < 1.29 is 0 Å². The molecule has 0 saturated heterocycles. The lowest BCUT2D eigenvalue weighted by Gasteiger charge is -2.16. The number of H-pyrrole nitrogens is 1. The van der Waals surface area contributed by atoms with Crippen molar-refractivity contribution in [2.45, 2.75) is 20.4 Å². The molecule has 4 nitrogen and oxygen atoms in total. The van der Waals surface area contributed by atoms with E-state index in [1.54, 1.807) is 11.3 Å². The smallest absolute Gasteiger partial charge is 0.185 e. The fourth-order valence-corrected chi connectivity index (χ4v) is 3.35. The minimum absolute atomic E-state index is 0.814. The molecule has 21 heavy (non-hydrogen) atoms. The van der Waals surface area contributed by atoms with E-state index in [-0.39, 0.29) is 0 Å². The van der Waals surface area contributed by atoms with Crippen LogP contribution >= 0.6 is 11.3 Å². The number of anilines is 2. The molecule has 3 rings (SSSR count). The second-order valence-electron chi connectivity index (χ2n) is 4.91. The lowest BCUT2D eigenvalue weighted by atomic mass is 10.2. The Morgan fingerprint density at radius 1 is 1.24 bits per heavy atom. The number of nitrogens with zero attached hydrogens (tertiary/aromatic N) is 2. The zero-order chi connectivity index (χ0) is 14.7. The number of aromatic nitrogens is 2. The number of thiazole rings is 1. The van der Waals surface area contributed by atoms with Gasteiger partial charge in [-0.15, -0.1) is 11.3 Å². The van der Waals surface area contributed by atoms with Crippen LogP contribution in [-0.4, -0.2) is 23.1 Å². The van der Waals surface area contributed by atoms with E-state index in [0.29, 0.717) is 0 Å². The van der Waals surface area contributed by atoms with E-state index in [2.05, 4.69) is 58.3 Å². The summed E-state index contributed by atoms with van der Waals surface area (Å²) in [6.45, 7) is 7.14. The predicted molar refractivity (Wildman–Crippen MR) is 91.3 cm³/mol. The van der Waals surface area contributed by atoms with Gasteiger partial charge in [-0.25, -0.2) is 4.98 Å². The normalized spacial score (nSPS) is 11.0. The third kappa shape index (κ3) is 3.03. The van der Waals surface area contributed by atoms with E-state index in [0.717, 1.165) is 30.5 Å². The highest BCUT2D eigenvalue weighted by Gasteiger charge is 2.07. The lowest BCUT2D eigenvalue weighted by molar-refractivity contribution is 0.860. The molecule has 0 spiro atoms. The van der Waals surface area contributed by atoms with Crippen LogP contribution in [0.15, 0.2) is 36.7 Å². The first kappa shape index (κ1) is 13.9. The molecule has 0 amide bonds.